The zero-order valence-electron chi connectivity index (χ0n) is 25.6. The second-order valence-electron chi connectivity index (χ2n) is 12.5. The molecule has 3 heterocycles. The highest BCUT2D eigenvalue weighted by molar-refractivity contribution is 6.01. The van der Waals surface area contributed by atoms with E-state index in [1.165, 1.54) is 38.2 Å². The summed E-state index contributed by atoms with van der Waals surface area (Å²) in [6.07, 6.45) is 8.62. The molecule has 0 fully saturated rings. The Bertz CT molecular complexity index is 2370. The molecule has 6 nitrogen and oxygen atoms in total. The van der Waals surface area contributed by atoms with Gasteiger partial charge in [-0.25, -0.2) is 15.0 Å². The van der Waals surface area contributed by atoms with Crippen molar-refractivity contribution in [3.05, 3.63) is 131 Å². The van der Waals surface area contributed by atoms with E-state index in [1.807, 2.05) is 66.9 Å². The van der Waals surface area contributed by atoms with Gasteiger partial charge in [-0.3, -0.25) is 0 Å². The van der Waals surface area contributed by atoms with Gasteiger partial charge in [-0.15, -0.1) is 0 Å². The van der Waals surface area contributed by atoms with E-state index in [9.17, 15) is 0 Å². The standard InChI is InChI=1S/C40H30N6/c1-40(2)31-22-21-30-29-15-9-10-16-33(29)46(36(30)34(31)35-32(40)23-24-41-45-35)28-19-17-27(18-20-28)39-43-37(25-11-5-3-6-12-25)42-38(44-39)26-13-7-4-8-14-26/h3-8,11-24H,9-10H2,1-2H3. The van der Waals surface area contributed by atoms with E-state index in [0.717, 1.165) is 40.9 Å². The Labute approximate surface area is 266 Å². The van der Waals surface area contributed by atoms with E-state index in [1.54, 1.807) is 0 Å². The van der Waals surface area contributed by atoms with Gasteiger partial charge < -0.3 is 4.57 Å². The number of hydrogen-bond acceptors (Lipinski definition) is 5. The molecule has 7 aromatic rings. The van der Waals surface area contributed by atoms with Crippen molar-refractivity contribution in [1.82, 2.24) is 29.7 Å². The van der Waals surface area contributed by atoms with Crippen molar-refractivity contribution in [2.75, 3.05) is 0 Å². The van der Waals surface area contributed by atoms with E-state index >= 15 is 0 Å². The van der Waals surface area contributed by atoms with E-state index in [0.29, 0.717) is 17.5 Å². The topological polar surface area (TPSA) is 69.4 Å². The lowest BCUT2D eigenvalue weighted by molar-refractivity contribution is 0.657. The van der Waals surface area contributed by atoms with Crippen LogP contribution in [0.2, 0.25) is 0 Å². The van der Waals surface area contributed by atoms with Gasteiger partial charge in [-0.1, -0.05) is 98.8 Å². The van der Waals surface area contributed by atoms with E-state index < -0.39 is 0 Å². The lowest BCUT2D eigenvalue weighted by atomic mass is 9.83. The zero-order chi connectivity index (χ0) is 30.8. The highest BCUT2D eigenvalue weighted by atomic mass is 15.1. The lowest BCUT2D eigenvalue weighted by Gasteiger charge is -2.20. The molecule has 0 spiro atoms. The molecule has 0 atom stereocenters. The van der Waals surface area contributed by atoms with Gasteiger partial charge in [0.1, 0.15) is 0 Å². The number of benzene rings is 4. The normalized spacial score (nSPS) is 14.2. The Morgan fingerprint density at radius 3 is 1.87 bits per heavy atom. The number of aromatic nitrogens is 6. The molecule has 0 unspecified atom stereocenters. The van der Waals surface area contributed by atoms with Crippen molar-refractivity contribution in [2.24, 2.45) is 0 Å². The van der Waals surface area contributed by atoms with Crippen LogP contribution in [0.5, 0.6) is 0 Å². The fourth-order valence-electron chi connectivity index (χ4n) is 7.17. The van der Waals surface area contributed by atoms with Gasteiger partial charge in [0, 0.05) is 55.5 Å². The minimum absolute atomic E-state index is 0.159. The Kier molecular flexibility index (Phi) is 5.87. The van der Waals surface area contributed by atoms with Crippen molar-refractivity contribution in [3.8, 4) is 51.1 Å². The third kappa shape index (κ3) is 4.00. The van der Waals surface area contributed by atoms with E-state index in [2.05, 4.69) is 78.1 Å². The zero-order valence-corrected chi connectivity index (χ0v) is 25.6. The summed E-state index contributed by atoms with van der Waals surface area (Å²) >= 11 is 0. The summed E-state index contributed by atoms with van der Waals surface area (Å²) in [5.41, 5.74) is 9.64. The van der Waals surface area contributed by atoms with Crippen LogP contribution in [0.15, 0.2) is 109 Å². The smallest absolute Gasteiger partial charge is 0.164 e. The molecule has 0 aliphatic heterocycles. The van der Waals surface area contributed by atoms with Crippen LogP contribution in [0.4, 0.5) is 0 Å². The number of rotatable bonds is 4. The highest BCUT2D eigenvalue weighted by Crippen LogP contribution is 2.49. The van der Waals surface area contributed by atoms with Gasteiger partial charge in [0.15, 0.2) is 17.5 Å². The molecular formula is C40H30N6. The quantitative estimate of drug-likeness (QED) is 0.214. The van der Waals surface area contributed by atoms with Gasteiger partial charge in [0.2, 0.25) is 0 Å². The second-order valence-corrected chi connectivity index (χ2v) is 12.5. The molecule has 0 saturated heterocycles. The first-order chi connectivity index (χ1) is 22.6. The molecule has 3 aromatic heterocycles. The summed E-state index contributed by atoms with van der Waals surface area (Å²) in [6.45, 7) is 4.57. The maximum atomic E-state index is 4.94. The maximum Gasteiger partial charge on any atom is 0.164 e. The minimum Gasteiger partial charge on any atom is -0.309 e. The third-order valence-corrected chi connectivity index (χ3v) is 9.45. The summed E-state index contributed by atoms with van der Waals surface area (Å²) in [5.74, 6) is 1.95. The molecular weight excluding hydrogens is 564 g/mol. The molecule has 46 heavy (non-hydrogen) atoms. The summed E-state index contributed by atoms with van der Waals surface area (Å²) in [4.78, 5) is 14.7. The van der Waals surface area contributed by atoms with E-state index in [4.69, 9.17) is 20.1 Å². The Hall–Kier alpha value is -5.75. The van der Waals surface area contributed by atoms with Crippen LogP contribution >= 0.6 is 0 Å². The Morgan fingerprint density at radius 2 is 1.22 bits per heavy atom. The first kappa shape index (κ1) is 26.6. The molecule has 4 aromatic carbocycles. The SMILES string of the molecule is CC1(C)c2ccnnc2-c2c1ccc1c3c(n(-c4ccc(-c5nc(-c6ccccc6)nc(-c6ccccc6)n5)cc4)c21)=CCCC=3. The third-order valence-electron chi connectivity index (χ3n) is 9.45. The number of nitrogens with zero attached hydrogens (tertiary/aromatic N) is 6. The highest BCUT2D eigenvalue weighted by Gasteiger charge is 2.39. The van der Waals surface area contributed by atoms with Crippen LogP contribution in [-0.2, 0) is 5.41 Å². The van der Waals surface area contributed by atoms with Crippen LogP contribution in [0, 0.1) is 0 Å². The molecule has 0 amide bonds. The molecule has 0 bridgehead atoms. The first-order valence-electron chi connectivity index (χ1n) is 15.8. The monoisotopic (exact) mass is 594 g/mol. The second kappa shape index (κ2) is 10.1. The molecule has 2 aliphatic rings. The largest absolute Gasteiger partial charge is 0.309 e. The summed E-state index contributed by atoms with van der Waals surface area (Å²) < 4.78 is 2.42. The molecule has 2 aliphatic carbocycles. The van der Waals surface area contributed by atoms with Crippen LogP contribution in [0.3, 0.4) is 0 Å². The molecule has 9 rings (SSSR count). The van der Waals surface area contributed by atoms with Gasteiger partial charge in [0.05, 0.1) is 11.2 Å². The van der Waals surface area contributed by atoms with Crippen molar-refractivity contribution in [3.63, 3.8) is 0 Å². The lowest BCUT2D eigenvalue weighted by Crippen LogP contribution is -2.30. The van der Waals surface area contributed by atoms with Crippen LogP contribution in [0.1, 0.15) is 37.8 Å². The average molecular weight is 595 g/mol. The van der Waals surface area contributed by atoms with Crippen molar-refractivity contribution in [1.29, 1.82) is 0 Å². The summed E-state index contributed by atoms with van der Waals surface area (Å²) in [5, 5.41) is 12.8. The predicted octanol–water partition coefficient (Wildman–Crippen LogP) is 7.27. The van der Waals surface area contributed by atoms with Crippen molar-refractivity contribution >= 4 is 23.1 Å². The fourth-order valence-corrected chi connectivity index (χ4v) is 7.17. The maximum absolute atomic E-state index is 4.94. The predicted molar refractivity (Wildman–Crippen MR) is 184 cm³/mol. The fraction of sp³-hybridized carbons (Fsp3) is 0.125. The van der Waals surface area contributed by atoms with Crippen LogP contribution in [0.25, 0.3) is 74.2 Å². The molecule has 0 radical (unpaired) electrons. The van der Waals surface area contributed by atoms with Gasteiger partial charge in [-0.2, -0.15) is 10.2 Å². The number of hydrogen-bond donors (Lipinski definition) is 0. The van der Waals surface area contributed by atoms with Gasteiger partial charge in [-0.05, 0) is 54.3 Å². The Balaban J connectivity index is 1.24. The van der Waals surface area contributed by atoms with Gasteiger partial charge >= 0.3 is 0 Å². The molecule has 0 N–H and O–H groups in total. The van der Waals surface area contributed by atoms with Crippen LogP contribution < -0.4 is 10.6 Å². The Morgan fingerprint density at radius 1 is 0.609 bits per heavy atom. The molecule has 0 saturated carbocycles. The number of fused-ring (bicyclic) bond motifs is 7. The van der Waals surface area contributed by atoms with Gasteiger partial charge in [0.25, 0.3) is 0 Å². The summed E-state index contributed by atoms with van der Waals surface area (Å²) in [6, 6.07) is 35.5. The average Bonchev–Trinajstić information content (AvgIpc) is 3.58. The van der Waals surface area contributed by atoms with Crippen molar-refractivity contribution in [2.45, 2.75) is 32.1 Å². The molecule has 220 valence electrons. The van der Waals surface area contributed by atoms with Crippen LogP contribution in [-0.4, -0.2) is 29.7 Å². The minimum atomic E-state index is -0.159. The van der Waals surface area contributed by atoms with E-state index in [-0.39, 0.29) is 5.41 Å². The van der Waals surface area contributed by atoms with Crippen molar-refractivity contribution < 1.29 is 0 Å². The molecule has 6 heteroatoms. The summed E-state index contributed by atoms with van der Waals surface area (Å²) in [7, 11) is 0. The first-order valence-corrected chi connectivity index (χ1v) is 15.8.